The molecule has 0 aromatic heterocycles. The average Bonchev–Trinajstić information content (AvgIpc) is 3.26. The molecular formula is C52H38O4. The van der Waals surface area contributed by atoms with Gasteiger partial charge in [0, 0.05) is 22.3 Å². The molecule has 10 rings (SSSR count). The summed E-state index contributed by atoms with van der Waals surface area (Å²) in [4.78, 5) is 0. The Bertz CT molecular complexity index is 2910. The van der Waals surface area contributed by atoms with Gasteiger partial charge >= 0.3 is 0 Å². The molecule has 0 aliphatic rings. The Labute approximate surface area is 324 Å². The summed E-state index contributed by atoms with van der Waals surface area (Å²) in [6.45, 7) is -0.100. The van der Waals surface area contributed by atoms with Crippen molar-refractivity contribution in [1.29, 1.82) is 0 Å². The highest BCUT2D eigenvalue weighted by atomic mass is 16.5. The number of hydrogen-bond donors (Lipinski definition) is 2. The van der Waals surface area contributed by atoms with Gasteiger partial charge in [0.15, 0.2) is 0 Å². The summed E-state index contributed by atoms with van der Waals surface area (Å²) in [5.41, 5.74) is 5.68. The first-order chi connectivity index (χ1) is 27.7. The van der Waals surface area contributed by atoms with Crippen LogP contribution in [0.4, 0.5) is 0 Å². The predicted molar refractivity (Wildman–Crippen MR) is 233 cm³/mol. The summed E-state index contributed by atoms with van der Waals surface area (Å²) in [6, 6.07) is 59.9. The second kappa shape index (κ2) is 14.2. The lowest BCUT2D eigenvalue weighted by Crippen LogP contribution is -2.08. The molecule has 0 bridgehead atoms. The average molecular weight is 727 g/mol. The summed E-state index contributed by atoms with van der Waals surface area (Å²) in [5, 5.41) is 33.9. The van der Waals surface area contributed by atoms with E-state index in [2.05, 4.69) is 170 Å². The molecule has 0 atom stereocenters. The van der Waals surface area contributed by atoms with Gasteiger partial charge in [-0.2, -0.15) is 0 Å². The third-order valence-electron chi connectivity index (χ3n) is 11.0. The minimum atomic E-state index is -0.151. The molecule has 0 amide bonds. The lowest BCUT2D eigenvalue weighted by Gasteiger charge is -2.25. The highest BCUT2D eigenvalue weighted by Gasteiger charge is 2.27. The second-order valence-electron chi connectivity index (χ2n) is 14.2. The lowest BCUT2D eigenvalue weighted by atomic mass is 9.84. The lowest BCUT2D eigenvalue weighted by molar-refractivity contribution is 0.201. The van der Waals surface area contributed by atoms with Gasteiger partial charge in [0.1, 0.15) is 24.7 Å². The van der Waals surface area contributed by atoms with Crippen molar-refractivity contribution in [2.24, 2.45) is 0 Å². The van der Waals surface area contributed by atoms with Crippen molar-refractivity contribution >= 4 is 64.6 Å². The van der Waals surface area contributed by atoms with E-state index >= 15 is 0 Å². The Balaban J connectivity index is 1.39. The number of aliphatic hydroxyl groups excluding tert-OH is 2. The number of rotatable bonds is 9. The van der Waals surface area contributed by atoms with Crippen LogP contribution in [-0.4, -0.2) is 36.6 Å². The number of benzene rings is 10. The van der Waals surface area contributed by atoms with Crippen LogP contribution in [0.3, 0.4) is 0 Å². The highest BCUT2D eigenvalue weighted by Crippen LogP contribution is 2.54. The van der Waals surface area contributed by atoms with E-state index < -0.39 is 0 Å². The van der Waals surface area contributed by atoms with Gasteiger partial charge in [-0.3, -0.25) is 0 Å². The van der Waals surface area contributed by atoms with Crippen molar-refractivity contribution in [3.63, 3.8) is 0 Å². The van der Waals surface area contributed by atoms with Crippen LogP contribution in [0, 0.1) is 0 Å². The molecule has 2 N–H and O–H groups in total. The molecule has 0 aliphatic carbocycles. The van der Waals surface area contributed by atoms with E-state index in [1.165, 1.54) is 10.8 Å². The Morgan fingerprint density at radius 2 is 0.589 bits per heavy atom. The summed E-state index contributed by atoms with van der Waals surface area (Å²) in [6.07, 6.45) is 0. The molecule has 0 fully saturated rings. The Morgan fingerprint density at radius 1 is 0.304 bits per heavy atom. The van der Waals surface area contributed by atoms with E-state index in [1.54, 1.807) is 0 Å². The first kappa shape index (κ1) is 33.8. The van der Waals surface area contributed by atoms with Crippen molar-refractivity contribution in [2.75, 3.05) is 26.4 Å². The Morgan fingerprint density at radius 3 is 0.964 bits per heavy atom. The van der Waals surface area contributed by atoms with Crippen molar-refractivity contribution in [3.8, 4) is 44.9 Å². The van der Waals surface area contributed by atoms with Gasteiger partial charge in [-0.1, -0.05) is 146 Å². The normalized spacial score (nSPS) is 11.7. The molecule has 270 valence electrons. The van der Waals surface area contributed by atoms with Crippen LogP contribution in [0.25, 0.3) is 98.0 Å². The quantitative estimate of drug-likeness (QED) is 0.145. The van der Waals surface area contributed by atoms with Gasteiger partial charge in [0.2, 0.25) is 0 Å². The molecule has 0 unspecified atom stereocenters. The molecule has 10 aromatic rings. The van der Waals surface area contributed by atoms with E-state index in [4.69, 9.17) is 9.47 Å². The van der Waals surface area contributed by atoms with E-state index in [1.807, 2.05) is 0 Å². The van der Waals surface area contributed by atoms with Crippen LogP contribution in [0.1, 0.15) is 0 Å². The van der Waals surface area contributed by atoms with Gasteiger partial charge in [-0.05, 0) is 100 Å². The third-order valence-corrected chi connectivity index (χ3v) is 11.0. The van der Waals surface area contributed by atoms with Crippen molar-refractivity contribution in [2.45, 2.75) is 0 Å². The molecule has 10 aromatic carbocycles. The fourth-order valence-corrected chi connectivity index (χ4v) is 8.70. The van der Waals surface area contributed by atoms with Crippen molar-refractivity contribution in [3.05, 3.63) is 170 Å². The summed E-state index contributed by atoms with van der Waals surface area (Å²) >= 11 is 0. The van der Waals surface area contributed by atoms with E-state index in [0.717, 1.165) is 87.2 Å². The molecule has 0 saturated carbocycles. The molecule has 0 aliphatic heterocycles. The van der Waals surface area contributed by atoms with Crippen LogP contribution in [0.2, 0.25) is 0 Å². The number of ether oxygens (including phenoxy) is 2. The van der Waals surface area contributed by atoms with Gasteiger partial charge < -0.3 is 19.7 Å². The van der Waals surface area contributed by atoms with Gasteiger partial charge in [-0.15, -0.1) is 0 Å². The number of hydrogen-bond acceptors (Lipinski definition) is 4. The SMILES string of the molecule is OCCOc1c(-c2cc3ccccc3c3ccccc23)cc2ccccc2c1-c1c(OCCO)c(-c2cc3ccccc3c3ccccc23)cc2ccccc12. The zero-order valence-electron chi connectivity index (χ0n) is 30.7. The zero-order valence-corrected chi connectivity index (χ0v) is 30.7. The molecular weight excluding hydrogens is 689 g/mol. The van der Waals surface area contributed by atoms with Crippen molar-refractivity contribution < 1.29 is 19.7 Å². The maximum Gasteiger partial charge on any atom is 0.135 e. The maximum absolute atomic E-state index is 10.3. The Hall–Kier alpha value is -6.72. The molecule has 0 spiro atoms. The van der Waals surface area contributed by atoms with Gasteiger partial charge in [0.05, 0.1) is 13.2 Å². The summed E-state index contributed by atoms with van der Waals surface area (Å²) < 4.78 is 13.6. The molecule has 0 saturated heterocycles. The van der Waals surface area contributed by atoms with Crippen LogP contribution >= 0.6 is 0 Å². The third kappa shape index (κ3) is 5.53. The second-order valence-corrected chi connectivity index (χ2v) is 14.2. The summed E-state index contributed by atoms with van der Waals surface area (Å²) in [7, 11) is 0. The first-order valence-electron chi connectivity index (χ1n) is 19.1. The highest BCUT2D eigenvalue weighted by molar-refractivity contribution is 6.20. The van der Waals surface area contributed by atoms with Crippen LogP contribution in [-0.2, 0) is 0 Å². The van der Waals surface area contributed by atoms with Gasteiger partial charge in [0.25, 0.3) is 0 Å². The minimum absolute atomic E-state index is 0.101. The molecule has 0 heterocycles. The fraction of sp³-hybridized carbons (Fsp3) is 0.0769. The predicted octanol–water partition coefficient (Wildman–Crippen LogP) is 12.3. The van der Waals surface area contributed by atoms with Crippen LogP contribution in [0.15, 0.2) is 170 Å². The van der Waals surface area contributed by atoms with Crippen LogP contribution < -0.4 is 9.47 Å². The van der Waals surface area contributed by atoms with E-state index in [0.29, 0.717) is 11.5 Å². The maximum atomic E-state index is 10.3. The van der Waals surface area contributed by atoms with Crippen molar-refractivity contribution in [1.82, 2.24) is 0 Å². The minimum Gasteiger partial charge on any atom is -0.490 e. The first-order valence-corrected chi connectivity index (χ1v) is 19.1. The molecule has 4 heteroatoms. The molecule has 0 radical (unpaired) electrons. The summed E-state index contributed by atoms with van der Waals surface area (Å²) in [5.74, 6) is 1.33. The number of aliphatic hydroxyl groups is 2. The Kier molecular flexibility index (Phi) is 8.56. The topological polar surface area (TPSA) is 58.9 Å². The zero-order chi connectivity index (χ0) is 37.6. The van der Waals surface area contributed by atoms with E-state index in [9.17, 15) is 10.2 Å². The van der Waals surface area contributed by atoms with Gasteiger partial charge in [-0.25, -0.2) is 0 Å². The molecule has 56 heavy (non-hydrogen) atoms. The van der Waals surface area contributed by atoms with E-state index in [-0.39, 0.29) is 26.4 Å². The smallest absolute Gasteiger partial charge is 0.135 e. The fourth-order valence-electron chi connectivity index (χ4n) is 8.70. The number of fused-ring (bicyclic) bond motifs is 8. The standard InChI is InChI=1S/C52H38O4/c53-25-27-55-51-47(45-29-33-13-1-5-17-37(33)41-21-9-11-23-43(41)45)31-35-15-3-7-19-39(35)49(51)50-40-20-8-4-16-36(40)32-48(52(50)56-28-26-54)46-30-34-14-2-6-18-38(34)42-22-10-12-24-44(42)46/h1-24,29-32,53-54H,25-28H2. The van der Waals surface area contributed by atoms with Crippen LogP contribution in [0.5, 0.6) is 11.5 Å². The largest absolute Gasteiger partial charge is 0.490 e. The molecule has 4 nitrogen and oxygen atoms in total. The monoisotopic (exact) mass is 726 g/mol.